The number of nitrogens with one attached hydrogen (secondary N) is 1. The van der Waals surface area contributed by atoms with Gasteiger partial charge in [0.1, 0.15) is 5.82 Å². The molecule has 172 valence electrons. The second-order valence-electron chi connectivity index (χ2n) is 8.51. The van der Waals surface area contributed by atoms with Gasteiger partial charge in [-0.05, 0) is 56.2 Å². The third kappa shape index (κ3) is 4.83. The summed E-state index contributed by atoms with van der Waals surface area (Å²) in [5.74, 6) is 2.36. The summed E-state index contributed by atoms with van der Waals surface area (Å²) >= 11 is 0. The number of morpholine rings is 1. The SMILES string of the molecule is Cc1nccn1-c1ccc(N2CCCC(C(=O)Nc3ccc(N4CCOCC4)cc3)C2)nn1. The fourth-order valence-electron chi connectivity index (χ4n) is 4.46. The zero-order valence-corrected chi connectivity index (χ0v) is 18.9. The van der Waals surface area contributed by atoms with E-state index in [1.165, 1.54) is 0 Å². The van der Waals surface area contributed by atoms with Gasteiger partial charge >= 0.3 is 0 Å². The summed E-state index contributed by atoms with van der Waals surface area (Å²) in [5.41, 5.74) is 1.99. The molecule has 1 unspecified atom stereocenters. The molecule has 0 aliphatic carbocycles. The van der Waals surface area contributed by atoms with E-state index < -0.39 is 0 Å². The molecule has 33 heavy (non-hydrogen) atoms. The Bertz CT molecular complexity index is 1070. The lowest BCUT2D eigenvalue weighted by atomic mass is 9.97. The van der Waals surface area contributed by atoms with Gasteiger partial charge in [0.25, 0.3) is 0 Å². The first kappa shape index (κ1) is 21.4. The predicted octanol–water partition coefficient (Wildman–Crippen LogP) is 2.66. The number of aromatic nitrogens is 4. The van der Waals surface area contributed by atoms with E-state index in [-0.39, 0.29) is 11.8 Å². The first-order chi connectivity index (χ1) is 16.2. The molecule has 1 atom stereocenters. The Morgan fingerprint density at radius 1 is 1.00 bits per heavy atom. The highest BCUT2D eigenvalue weighted by Crippen LogP contribution is 2.24. The van der Waals surface area contributed by atoms with Crippen LogP contribution in [-0.4, -0.2) is 65.0 Å². The number of anilines is 3. The monoisotopic (exact) mass is 447 g/mol. The second-order valence-corrected chi connectivity index (χ2v) is 8.51. The van der Waals surface area contributed by atoms with Crippen molar-refractivity contribution in [2.75, 3.05) is 54.5 Å². The molecule has 3 aromatic rings. The van der Waals surface area contributed by atoms with Crippen LogP contribution in [0.5, 0.6) is 0 Å². The number of aryl methyl sites for hydroxylation is 1. The standard InChI is InChI=1S/C24H29N7O2/c1-18-25-10-12-31(18)23-9-8-22(27-28-23)30-11-2-3-19(17-30)24(32)26-20-4-6-21(7-5-20)29-13-15-33-16-14-29/h4-10,12,19H,2-3,11,13-17H2,1H3,(H,26,32). The van der Waals surface area contributed by atoms with E-state index >= 15 is 0 Å². The van der Waals surface area contributed by atoms with Gasteiger partial charge in [-0.1, -0.05) is 0 Å². The third-order valence-corrected chi connectivity index (χ3v) is 6.34. The average molecular weight is 448 g/mol. The van der Waals surface area contributed by atoms with E-state index in [4.69, 9.17) is 4.74 Å². The Balaban J connectivity index is 1.19. The largest absolute Gasteiger partial charge is 0.378 e. The fraction of sp³-hybridized carbons (Fsp3) is 0.417. The lowest BCUT2D eigenvalue weighted by molar-refractivity contribution is -0.120. The molecule has 9 heteroatoms. The summed E-state index contributed by atoms with van der Waals surface area (Å²) < 4.78 is 7.31. The molecule has 0 radical (unpaired) electrons. The van der Waals surface area contributed by atoms with Crippen LogP contribution >= 0.6 is 0 Å². The van der Waals surface area contributed by atoms with Crippen LogP contribution in [0.1, 0.15) is 18.7 Å². The zero-order chi connectivity index (χ0) is 22.6. The maximum absolute atomic E-state index is 13.0. The van der Waals surface area contributed by atoms with Gasteiger partial charge < -0.3 is 19.9 Å². The number of piperidine rings is 1. The molecule has 2 fully saturated rings. The number of ether oxygens (including phenoxy) is 1. The van der Waals surface area contributed by atoms with Gasteiger partial charge in [-0.15, -0.1) is 10.2 Å². The summed E-state index contributed by atoms with van der Waals surface area (Å²) in [4.78, 5) is 21.6. The van der Waals surface area contributed by atoms with Gasteiger partial charge in [0.05, 0.1) is 19.1 Å². The quantitative estimate of drug-likeness (QED) is 0.643. The smallest absolute Gasteiger partial charge is 0.229 e. The number of imidazole rings is 1. The van der Waals surface area contributed by atoms with Gasteiger partial charge in [0.2, 0.25) is 5.91 Å². The van der Waals surface area contributed by atoms with Crippen LogP contribution in [0.2, 0.25) is 0 Å². The van der Waals surface area contributed by atoms with E-state index in [9.17, 15) is 4.79 Å². The highest BCUT2D eigenvalue weighted by Gasteiger charge is 2.27. The lowest BCUT2D eigenvalue weighted by Gasteiger charge is -2.32. The molecule has 2 aromatic heterocycles. The van der Waals surface area contributed by atoms with E-state index in [0.717, 1.165) is 74.5 Å². The molecule has 2 aliphatic heterocycles. The molecule has 1 amide bonds. The van der Waals surface area contributed by atoms with Crippen LogP contribution in [0, 0.1) is 12.8 Å². The fourth-order valence-corrected chi connectivity index (χ4v) is 4.46. The van der Waals surface area contributed by atoms with E-state index in [2.05, 4.69) is 42.4 Å². The number of carbonyl (C=O) groups excluding carboxylic acids is 1. The normalized spacial score (nSPS) is 18.9. The maximum Gasteiger partial charge on any atom is 0.229 e. The van der Waals surface area contributed by atoms with Crippen molar-refractivity contribution >= 4 is 23.1 Å². The summed E-state index contributed by atoms with van der Waals surface area (Å²) in [6, 6.07) is 12.0. The number of amides is 1. The van der Waals surface area contributed by atoms with Gasteiger partial charge in [-0.3, -0.25) is 9.36 Å². The summed E-state index contributed by atoms with van der Waals surface area (Å²) in [5, 5.41) is 11.9. The van der Waals surface area contributed by atoms with Crippen molar-refractivity contribution in [1.29, 1.82) is 0 Å². The molecule has 2 aliphatic rings. The van der Waals surface area contributed by atoms with Crippen LogP contribution in [0.15, 0.2) is 48.8 Å². The second kappa shape index (κ2) is 9.58. The summed E-state index contributed by atoms with van der Waals surface area (Å²) in [6.45, 7) is 6.75. The molecule has 1 N–H and O–H groups in total. The van der Waals surface area contributed by atoms with Crippen molar-refractivity contribution in [3.63, 3.8) is 0 Å². The molecule has 0 saturated carbocycles. The number of nitrogens with zero attached hydrogens (tertiary/aromatic N) is 6. The minimum atomic E-state index is -0.0879. The van der Waals surface area contributed by atoms with Crippen LogP contribution in [0.4, 0.5) is 17.2 Å². The number of hydrogen-bond acceptors (Lipinski definition) is 7. The molecule has 9 nitrogen and oxygen atoms in total. The van der Waals surface area contributed by atoms with Crippen LogP contribution in [0.25, 0.3) is 5.82 Å². The average Bonchev–Trinajstić information content (AvgIpc) is 3.31. The van der Waals surface area contributed by atoms with Crippen LogP contribution in [-0.2, 0) is 9.53 Å². The molecule has 4 heterocycles. The third-order valence-electron chi connectivity index (χ3n) is 6.34. The minimum absolute atomic E-state index is 0.0532. The van der Waals surface area contributed by atoms with Crippen molar-refractivity contribution in [1.82, 2.24) is 19.7 Å². The highest BCUT2D eigenvalue weighted by atomic mass is 16.5. The van der Waals surface area contributed by atoms with E-state index in [1.54, 1.807) is 6.20 Å². The van der Waals surface area contributed by atoms with Crippen molar-refractivity contribution in [3.8, 4) is 5.82 Å². The molecule has 5 rings (SSSR count). The first-order valence-corrected chi connectivity index (χ1v) is 11.5. The van der Waals surface area contributed by atoms with Gasteiger partial charge in [0, 0.05) is 49.9 Å². The van der Waals surface area contributed by atoms with Crippen molar-refractivity contribution in [3.05, 3.63) is 54.6 Å². The summed E-state index contributed by atoms with van der Waals surface area (Å²) in [7, 11) is 0. The van der Waals surface area contributed by atoms with Gasteiger partial charge in [-0.25, -0.2) is 4.98 Å². The summed E-state index contributed by atoms with van der Waals surface area (Å²) in [6.07, 6.45) is 5.43. The van der Waals surface area contributed by atoms with E-state index in [0.29, 0.717) is 6.54 Å². The number of carbonyl (C=O) groups is 1. The molecule has 0 bridgehead atoms. The first-order valence-electron chi connectivity index (χ1n) is 11.5. The Morgan fingerprint density at radius 2 is 1.76 bits per heavy atom. The van der Waals surface area contributed by atoms with Crippen molar-refractivity contribution in [2.24, 2.45) is 5.92 Å². The Kier molecular flexibility index (Phi) is 6.21. The predicted molar refractivity (Wildman–Crippen MR) is 127 cm³/mol. The van der Waals surface area contributed by atoms with Crippen LogP contribution < -0.4 is 15.1 Å². The highest BCUT2D eigenvalue weighted by molar-refractivity contribution is 5.93. The minimum Gasteiger partial charge on any atom is -0.378 e. The van der Waals surface area contributed by atoms with Crippen molar-refractivity contribution in [2.45, 2.75) is 19.8 Å². The van der Waals surface area contributed by atoms with Crippen LogP contribution in [0.3, 0.4) is 0 Å². The Labute approximate surface area is 193 Å². The number of benzene rings is 1. The van der Waals surface area contributed by atoms with Gasteiger partial charge in [-0.2, -0.15) is 0 Å². The zero-order valence-electron chi connectivity index (χ0n) is 18.9. The van der Waals surface area contributed by atoms with Gasteiger partial charge in [0.15, 0.2) is 11.6 Å². The molecular formula is C24H29N7O2. The number of rotatable bonds is 5. The Morgan fingerprint density at radius 3 is 2.45 bits per heavy atom. The molecule has 2 saturated heterocycles. The molecule has 0 spiro atoms. The van der Waals surface area contributed by atoms with Crippen molar-refractivity contribution < 1.29 is 9.53 Å². The lowest BCUT2D eigenvalue weighted by Crippen LogP contribution is -2.41. The maximum atomic E-state index is 13.0. The molecule has 1 aromatic carbocycles. The topological polar surface area (TPSA) is 88.4 Å². The Hall–Kier alpha value is -3.46. The molecular weight excluding hydrogens is 418 g/mol. The van der Waals surface area contributed by atoms with E-state index in [1.807, 2.05) is 42.0 Å². The number of hydrogen-bond donors (Lipinski definition) is 1.